The van der Waals surface area contributed by atoms with Crippen molar-refractivity contribution in [1.82, 2.24) is 19.1 Å². The summed E-state index contributed by atoms with van der Waals surface area (Å²) in [5.41, 5.74) is 3.90. The van der Waals surface area contributed by atoms with E-state index < -0.39 is 18.0 Å². The third-order valence-corrected chi connectivity index (χ3v) is 6.81. The van der Waals surface area contributed by atoms with E-state index in [0.717, 1.165) is 42.6 Å². The number of nitrogens with one attached hydrogen (secondary N) is 1. The van der Waals surface area contributed by atoms with E-state index in [1.807, 2.05) is 60.7 Å². The lowest BCUT2D eigenvalue weighted by molar-refractivity contribution is -0.123. The number of benzene rings is 2. The lowest BCUT2D eigenvalue weighted by atomic mass is 9.96. The highest BCUT2D eigenvalue weighted by molar-refractivity contribution is 5.97. The van der Waals surface area contributed by atoms with E-state index in [-0.39, 0.29) is 11.2 Å². The number of aromatic nitrogens is 4. The topological polar surface area (TPSA) is 100 Å². The molecule has 9 heteroatoms. The molecule has 2 aromatic heterocycles. The van der Waals surface area contributed by atoms with Gasteiger partial charge in [0, 0.05) is 12.6 Å². The molecule has 2 heterocycles. The highest BCUT2D eigenvalue weighted by Gasteiger charge is 2.30. The number of aryl methyl sites for hydroxylation is 1. The monoisotopic (exact) mass is 499 g/mol. The van der Waals surface area contributed by atoms with Gasteiger partial charge in [0.25, 0.3) is 11.5 Å². The molecule has 1 atom stereocenters. The maximum atomic E-state index is 13.4. The van der Waals surface area contributed by atoms with Gasteiger partial charge in [-0.1, -0.05) is 36.4 Å². The van der Waals surface area contributed by atoms with Crippen LogP contribution in [-0.2, 0) is 29.4 Å². The second kappa shape index (κ2) is 9.93. The van der Waals surface area contributed by atoms with Crippen molar-refractivity contribution in [2.75, 3.05) is 5.32 Å². The smallest absolute Gasteiger partial charge is 0.358 e. The van der Waals surface area contributed by atoms with E-state index in [2.05, 4.69) is 5.32 Å². The molecule has 1 unspecified atom stereocenters. The average Bonchev–Trinajstić information content (AvgIpc) is 3.40. The highest BCUT2D eigenvalue weighted by atomic mass is 16.5. The molecule has 5 rings (SSSR count). The van der Waals surface area contributed by atoms with Crippen LogP contribution in [0.3, 0.4) is 0 Å². The zero-order valence-corrected chi connectivity index (χ0v) is 21.1. The van der Waals surface area contributed by atoms with Crippen molar-refractivity contribution in [1.29, 1.82) is 0 Å². The highest BCUT2D eigenvalue weighted by Crippen LogP contribution is 2.27. The fraction of sp³-hybridized carbons (Fsp3) is 0.286. The van der Waals surface area contributed by atoms with Gasteiger partial charge in [0.1, 0.15) is 5.69 Å². The minimum atomic E-state index is -1.13. The van der Waals surface area contributed by atoms with Crippen LogP contribution in [0.25, 0.3) is 11.4 Å². The number of amides is 1. The van der Waals surface area contributed by atoms with Crippen LogP contribution >= 0.6 is 0 Å². The first-order valence-electron chi connectivity index (χ1n) is 12.4. The lowest BCUT2D eigenvalue weighted by Gasteiger charge is -2.15. The first-order valence-corrected chi connectivity index (χ1v) is 12.4. The Labute approximate surface area is 214 Å². The summed E-state index contributed by atoms with van der Waals surface area (Å²) in [6.45, 7) is 3.24. The minimum Gasteiger partial charge on any atom is -0.448 e. The third-order valence-electron chi connectivity index (χ3n) is 6.81. The molecule has 0 saturated carbocycles. The molecule has 4 aromatic rings. The molecule has 0 aliphatic heterocycles. The number of carbonyl (C=O) groups is 2. The predicted molar refractivity (Wildman–Crippen MR) is 139 cm³/mol. The molecule has 37 heavy (non-hydrogen) atoms. The Balaban J connectivity index is 1.39. The van der Waals surface area contributed by atoms with Crippen molar-refractivity contribution in [3.63, 3.8) is 0 Å². The Morgan fingerprint density at radius 3 is 2.27 bits per heavy atom. The second-order valence-corrected chi connectivity index (χ2v) is 9.20. The van der Waals surface area contributed by atoms with Gasteiger partial charge in [-0.15, -0.1) is 0 Å². The van der Waals surface area contributed by atoms with E-state index >= 15 is 0 Å². The molecule has 190 valence electrons. The van der Waals surface area contributed by atoms with E-state index in [9.17, 15) is 14.4 Å². The quantitative estimate of drug-likeness (QED) is 0.408. The van der Waals surface area contributed by atoms with Gasteiger partial charge in [-0.3, -0.25) is 14.3 Å². The molecule has 1 aliphatic carbocycles. The predicted octanol–water partition coefficient (Wildman–Crippen LogP) is 3.73. The first-order chi connectivity index (χ1) is 17.9. The van der Waals surface area contributed by atoms with Gasteiger partial charge in [-0.05, 0) is 63.8 Å². The van der Waals surface area contributed by atoms with Gasteiger partial charge in [-0.2, -0.15) is 5.10 Å². The number of ether oxygens (including phenoxy) is 1. The Hall–Kier alpha value is -4.40. The summed E-state index contributed by atoms with van der Waals surface area (Å²) in [6, 6.07) is 18.6. The van der Waals surface area contributed by atoms with Crippen LogP contribution in [0.4, 0.5) is 5.69 Å². The SMILES string of the molecule is Cc1c(NC(=O)C(C)OC(=O)c2c3c(nn2-c2ccccc2)CCCC3)c(=O)n(-c2ccccc2)n1C. The number of carbonyl (C=O) groups excluding carboxylic acids is 2. The Morgan fingerprint density at radius 1 is 0.973 bits per heavy atom. The number of nitrogens with zero attached hydrogens (tertiary/aromatic N) is 4. The third kappa shape index (κ3) is 4.48. The summed E-state index contributed by atoms with van der Waals surface area (Å²) in [7, 11) is 1.75. The van der Waals surface area contributed by atoms with Crippen LogP contribution in [0.1, 0.15) is 47.2 Å². The largest absolute Gasteiger partial charge is 0.448 e. The molecular weight excluding hydrogens is 470 g/mol. The van der Waals surface area contributed by atoms with Crippen molar-refractivity contribution in [2.45, 2.75) is 45.6 Å². The van der Waals surface area contributed by atoms with Crippen molar-refractivity contribution >= 4 is 17.6 Å². The van der Waals surface area contributed by atoms with Crippen LogP contribution in [-0.4, -0.2) is 37.1 Å². The number of esters is 1. The molecule has 0 radical (unpaired) electrons. The van der Waals surface area contributed by atoms with Crippen molar-refractivity contribution in [3.8, 4) is 11.4 Å². The summed E-state index contributed by atoms with van der Waals surface area (Å²) in [5.74, 6) is -1.20. The maximum Gasteiger partial charge on any atom is 0.358 e. The Kier molecular flexibility index (Phi) is 6.52. The second-order valence-electron chi connectivity index (χ2n) is 9.20. The molecule has 0 bridgehead atoms. The molecular formula is C28H29N5O4. The summed E-state index contributed by atoms with van der Waals surface area (Å²) in [6.07, 6.45) is 2.38. The van der Waals surface area contributed by atoms with Gasteiger partial charge in [0.05, 0.1) is 22.8 Å². The number of fused-ring (bicyclic) bond motifs is 1. The number of hydrogen-bond donors (Lipinski definition) is 1. The summed E-state index contributed by atoms with van der Waals surface area (Å²) >= 11 is 0. The fourth-order valence-corrected chi connectivity index (χ4v) is 4.73. The standard InChI is InChI=1S/C28H29N5O4/c1-18-24(27(35)33(31(18)3)21-14-8-5-9-15-21)29-26(34)19(2)37-28(36)25-22-16-10-11-17-23(22)30-32(25)20-12-6-4-7-13-20/h4-9,12-15,19H,10-11,16-17H2,1-3H3,(H,29,34). The number of para-hydroxylation sites is 2. The first kappa shape index (κ1) is 24.3. The summed E-state index contributed by atoms with van der Waals surface area (Å²) in [4.78, 5) is 39.6. The van der Waals surface area contributed by atoms with E-state index in [1.165, 1.54) is 11.6 Å². The average molecular weight is 500 g/mol. The number of hydrogen-bond acceptors (Lipinski definition) is 5. The number of rotatable bonds is 6. The molecule has 0 spiro atoms. The van der Waals surface area contributed by atoms with Crippen LogP contribution in [0.5, 0.6) is 0 Å². The summed E-state index contributed by atoms with van der Waals surface area (Å²) < 4.78 is 10.4. The van der Waals surface area contributed by atoms with Gasteiger partial charge in [0.15, 0.2) is 11.8 Å². The Bertz CT molecular complexity index is 1520. The molecule has 0 saturated heterocycles. The molecule has 2 aromatic carbocycles. The van der Waals surface area contributed by atoms with Crippen LogP contribution in [0, 0.1) is 6.92 Å². The molecule has 9 nitrogen and oxygen atoms in total. The van der Waals surface area contributed by atoms with Crippen LogP contribution in [0.2, 0.25) is 0 Å². The van der Waals surface area contributed by atoms with Crippen molar-refractivity contribution in [3.05, 3.63) is 93.7 Å². The van der Waals surface area contributed by atoms with Gasteiger partial charge < -0.3 is 10.1 Å². The number of anilines is 1. The lowest BCUT2D eigenvalue weighted by Crippen LogP contribution is -2.33. The van der Waals surface area contributed by atoms with Gasteiger partial charge in [0.2, 0.25) is 0 Å². The molecule has 1 amide bonds. The van der Waals surface area contributed by atoms with Crippen molar-refractivity contribution < 1.29 is 14.3 Å². The summed E-state index contributed by atoms with van der Waals surface area (Å²) in [5, 5.41) is 7.37. The molecule has 0 fully saturated rings. The normalized spacial score (nSPS) is 13.6. The van der Waals surface area contributed by atoms with E-state index in [1.54, 1.807) is 23.3 Å². The Morgan fingerprint density at radius 2 is 1.59 bits per heavy atom. The molecule has 1 aliphatic rings. The fourth-order valence-electron chi connectivity index (χ4n) is 4.73. The van der Waals surface area contributed by atoms with Crippen LogP contribution < -0.4 is 10.9 Å². The van der Waals surface area contributed by atoms with Crippen LogP contribution in [0.15, 0.2) is 65.5 Å². The maximum absolute atomic E-state index is 13.4. The van der Waals surface area contributed by atoms with Crippen molar-refractivity contribution in [2.24, 2.45) is 7.05 Å². The van der Waals surface area contributed by atoms with E-state index in [0.29, 0.717) is 17.1 Å². The minimum absolute atomic E-state index is 0.144. The zero-order valence-electron chi connectivity index (χ0n) is 21.1. The van der Waals surface area contributed by atoms with Gasteiger partial charge >= 0.3 is 5.97 Å². The molecule has 1 N–H and O–H groups in total. The van der Waals surface area contributed by atoms with Gasteiger partial charge in [-0.25, -0.2) is 14.2 Å². The zero-order chi connectivity index (χ0) is 26.1. The van der Waals surface area contributed by atoms with E-state index in [4.69, 9.17) is 9.84 Å².